The Morgan fingerprint density at radius 3 is 2.62 bits per heavy atom. The number of halogens is 1. The van der Waals surface area contributed by atoms with Gasteiger partial charge in [-0.3, -0.25) is 25.0 Å². The molecule has 0 saturated carbocycles. The number of urea groups is 1. The monoisotopic (exact) mass is 473 g/mol. The normalized spacial score (nSPS) is 25.6. The van der Waals surface area contributed by atoms with Crippen molar-refractivity contribution in [3.8, 4) is 0 Å². The van der Waals surface area contributed by atoms with Crippen molar-refractivity contribution >= 4 is 40.4 Å². The van der Waals surface area contributed by atoms with Crippen LogP contribution in [-0.4, -0.2) is 72.2 Å². The molecule has 0 aliphatic carbocycles. The Balaban J connectivity index is 1.75. The standard InChI is InChI=1S/C22H24FN5O6/c1-5-27(4)18(29)14-12-6-11-7-22(19(30)24-21(32)25-20(22)31)17-10(3)33-9(2)8-28(17)15(11)13(23)16(12)34-26-14/h6,9-10,17H,5,7-8H2,1-4H3,(H2,24,25,30,31,32)/t9-,10+,17-/m1/s1. The number of nitrogens with one attached hydrogen (secondary N) is 2. The number of barbiturate groups is 1. The second-order valence-electron chi connectivity index (χ2n) is 9.06. The van der Waals surface area contributed by atoms with Crippen molar-refractivity contribution in [2.45, 2.75) is 45.4 Å². The number of hydrogen-bond donors (Lipinski definition) is 2. The van der Waals surface area contributed by atoms with Gasteiger partial charge in [0.15, 0.2) is 16.9 Å². The topological polar surface area (TPSA) is 134 Å². The van der Waals surface area contributed by atoms with Gasteiger partial charge in [0.1, 0.15) is 0 Å². The van der Waals surface area contributed by atoms with Crippen LogP contribution in [0.2, 0.25) is 0 Å². The molecule has 1 spiro atoms. The number of morpholine rings is 1. The maximum atomic E-state index is 16.0. The molecule has 3 aliphatic rings. The van der Waals surface area contributed by atoms with Crippen LogP contribution in [0.15, 0.2) is 10.6 Å². The smallest absolute Gasteiger partial charge is 0.328 e. The minimum atomic E-state index is -1.75. The van der Waals surface area contributed by atoms with E-state index in [2.05, 4.69) is 15.8 Å². The van der Waals surface area contributed by atoms with E-state index in [0.717, 1.165) is 0 Å². The highest BCUT2D eigenvalue weighted by Crippen LogP contribution is 2.49. The summed E-state index contributed by atoms with van der Waals surface area (Å²) in [5.74, 6) is -2.73. The van der Waals surface area contributed by atoms with Crippen LogP contribution in [0.25, 0.3) is 11.0 Å². The van der Waals surface area contributed by atoms with Gasteiger partial charge in [-0.1, -0.05) is 5.16 Å². The molecule has 2 aromatic rings. The average molecular weight is 473 g/mol. The maximum absolute atomic E-state index is 16.0. The molecule has 2 fully saturated rings. The van der Waals surface area contributed by atoms with Gasteiger partial charge in [0.25, 0.3) is 5.91 Å². The largest absolute Gasteiger partial charge is 0.372 e. The number of anilines is 1. The Morgan fingerprint density at radius 2 is 1.97 bits per heavy atom. The minimum Gasteiger partial charge on any atom is -0.372 e. The third-order valence-electron chi connectivity index (χ3n) is 6.99. The molecule has 0 unspecified atom stereocenters. The number of rotatable bonds is 2. The first-order valence-corrected chi connectivity index (χ1v) is 11.0. The molecule has 180 valence electrons. The molecule has 34 heavy (non-hydrogen) atoms. The van der Waals surface area contributed by atoms with E-state index in [1.807, 2.05) is 0 Å². The molecular formula is C22H24FN5O6. The maximum Gasteiger partial charge on any atom is 0.328 e. The molecule has 3 aliphatic heterocycles. The summed E-state index contributed by atoms with van der Waals surface area (Å²) in [6, 6.07) is -0.251. The Kier molecular flexibility index (Phi) is 4.90. The van der Waals surface area contributed by atoms with E-state index in [-0.39, 0.29) is 41.4 Å². The van der Waals surface area contributed by atoms with Crippen molar-refractivity contribution in [2.24, 2.45) is 5.41 Å². The molecule has 2 N–H and O–H groups in total. The molecule has 12 heteroatoms. The van der Waals surface area contributed by atoms with Crippen molar-refractivity contribution in [3.05, 3.63) is 23.1 Å². The number of carbonyl (C=O) groups excluding carboxylic acids is 4. The van der Waals surface area contributed by atoms with Crippen molar-refractivity contribution < 1.29 is 32.8 Å². The molecule has 3 atom stereocenters. The van der Waals surface area contributed by atoms with Gasteiger partial charge in [-0.15, -0.1) is 0 Å². The second kappa shape index (κ2) is 7.49. The number of fused-ring (bicyclic) bond motifs is 5. The summed E-state index contributed by atoms with van der Waals surface area (Å²) in [4.78, 5) is 54.1. The predicted octanol–water partition coefficient (Wildman–Crippen LogP) is 0.950. The first-order chi connectivity index (χ1) is 16.1. The number of ether oxygens (including phenoxy) is 1. The van der Waals surface area contributed by atoms with Crippen LogP contribution >= 0.6 is 0 Å². The Labute approximate surface area is 193 Å². The molecule has 1 aromatic carbocycles. The fourth-order valence-electron chi connectivity index (χ4n) is 5.43. The van der Waals surface area contributed by atoms with Gasteiger partial charge in [0.2, 0.25) is 17.4 Å². The zero-order valence-corrected chi connectivity index (χ0v) is 19.1. The zero-order valence-electron chi connectivity index (χ0n) is 19.1. The van der Waals surface area contributed by atoms with E-state index in [1.54, 1.807) is 38.8 Å². The summed E-state index contributed by atoms with van der Waals surface area (Å²) >= 11 is 0. The minimum absolute atomic E-state index is 0.0614. The first-order valence-electron chi connectivity index (χ1n) is 11.0. The SMILES string of the molecule is CCN(C)C(=O)c1noc2c(F)c3c(cc12)CC1(C(=O)NC(=O)NC1=O)[C@H]1[C@H](C)O[C@H](C)CN31. The quantitative estimate of drug-likeness (QED) is 0.616. The fraction of sp³-hybridized carbons (Fsp3) is 0.500. The van der Waals surface area contributed by atoms with Crippen LogP contribution in [0.4, 0.5) is 14.9 Å². The number of aromatic nitrogens is 1. The van der Waals surface area contributed by atoms with Gasteiger partial charge in [0, 0.05) is 26.6 Å². The van der Waals surface area contributed by atoms with E-state index in [9.17, 15) is 19.2 Å². The summed E-state index contributed by atoms with van der Waals surface area (Å²) in [5.41, 5.74) is -1.49. The van der Waals surface area contributed by atoms with Gasteiger partial charge in [-0.25, -0.2) is 9.18 Å². The van der Waals surface area contributed by atoms with E-state index in [0.29, 0.717) is 12.1 Å². The van der Waals surface area contributed by atoms with Crippen molar-refractivity contribution in [1.29, 1.82) is 0 Å². The van der Waals surface area contributed by atoms with Crippen LogP contribution < -0.4 is 15.5 Å². The zero-order chi connectivity index (χ0) is 24.5. The van der Waals surface area contributed by atoms with Crippen LogP contribution in [0.5, 0.6) is 0 Å². The number of nitrogens with zero attached hydrogens (tertiary/aromatic N) is 3. The Bertz CT molecular complexity index is 1240. The molecular weight excluding hydrogens is 449 g/mol. The molecule has 5 amide bonds. The summed E-state index contributed by atoms with van der Waals surface area (Å²) in [7, 11) is 1.58. The summed E-state index contributed by atoms with van der Waals surface area (Å²) in [5, 5.41) is 8.35. The Morgan fingerprint density at radius 1 is 1.29 bits per heavy atom. The highest BCUT2D eigenvalue weighted by molar-refractivity contribution is 6.20. The van der Waals surface area contributed by atoms with E-state index in [1.165, 1.54) is 4.90 Å². The third kappa shape index (κ3) is 2.87. The van der Waals surface area contributed by atoms with Crippen molar-refractivity contribution in [2.75, 3.05) is 25.0 Å². The molecule has 5 rings (SSSR count). The van der Waals surface area contributed by atoms with Crippen LogP contribution in [-0.2, 0) is 20.7 Å². The molecule has 0 radical (unpaired) electrons. The van der Waals surface area contributed by atoms with Crippen LogP contribution in [0.1, 0.15) is 36.8 Å². The lowest BCUT2D eigenvalue weighted by atomic mass is 9.66. The number of imide groups is 2. The van der Waals surface area contributed by atoms with Gasteiger partial charge in [0.05, 0.1) is 29.3 Å². The highest BCUT2D eigenvalue weighted by atomic mass is 19.1. The highest BCUT2D eigenvalue weighted by Gasteiger charge is 2.63. The fourth-order valence-corrected chi connectivity index (χ4v) is 5.43. The molecule has 2 saturated heterocycles. The molecule has 4 heterocycles. The molecule has 11 nitrogen and oxygen atoms in total. The lowest BCUT2D eigenvalue weighted by molar-refractivity contribution is -0.153. The first kappa shape index (κ1) is 22.3. The Hall–Kier alpha value is -3.54. The van der Waals surface area contributed by atoms with Gasteiger partial charge in [-0.05, 0) is 32.4 Å². The summed E-state index contributed by atoms with van der Waals surface area (Å²) in [6.07, 6.45) is -1.17. The lowest BCUT2D eigenvalue weighted by Crippen LogP contribution is -2.75. The average Bonchev–Trinajstić information content (AvgIpc) is 3.19. The van der Waals surface area contributed by atoms with E-state index in [4.69, 9.17) is 9.26 Å². The number of carbonyl (C=O) groups is 4. The van der Waals surface area contributed by atoms with Gasteiger partial charge in [-0.2, -0.15) is 0 Å². The van der Waals surface area contributed by atoms with E-state index < -0.39 is 47.1 Å². The van der Waals surface area contributed by atoms with Crippen molar-refractivity contribution in [1.82, 2.24) is 20.7 Å². The number of hydrogen-bond acceptors (Lipinski definition) is 8. The third-order valence-corrected chi connectivity index (χ3v) is 6.99. The molecule has 1 aromatic heterocycles. The van der Waals surface area contributed by atoms with Gasteiger partial charge < -0.3 is 19.1 Å². The number of amides is 5. The van der Waals surface area contributed by atoms with Crippen molar-refractivity contribution in [3.63, 3.8) is 0 Å². The predicted molar refractivity (Wildman–Crippen MR) is 116 cm³/mol. The van der Waals surface area contributed by atoms with Crippen LogP contribution in [0.3, 0.4) is 0 Å². The summed E-state index contributed by atoms with van der Waals surface area (Å²) in [6.45, 7) is 5.90. The van der Waals surface area contributed by atoms with Crippen LogP contribution in [0, 0.1) is 11.2 Å². The number of benzene rings is 1. The second-order valence-corrected chi connectivity index (χ2v) is 9.06. The molecule has 0 bridgehead atoms. The lowest BCUT2D eigenvalue weighted by Gasteiger charge is -2.55. The summed E-state index contributed by atoms with van der Waals surface area (Å²) < 4.78 is 27.1. The van der Waals surface area contributed by atoms with E-state index >= 15 is 4.39 Å². The van der Waals surface area contributed by atoms with Gasteiger partial charge >= 0.3 is 6.03 Å².